The van der Waals surface area contributed by atoms with Crippen LogP contribution >= 0.6 is 11.3 Å². The topological polar surface area (TPSA) is 60.0 Å². The van der Waals surface area contributed by atoms with Gasteiger partial charge in [-0.05, 0) is 13.8 Å². The maximum Gasteiger partial charge on any atom is 0.163 e. The van der Waals surface area contributed by atoms with E-state index in [1.54, 1.807) is 25.6 Å². The molecule has 2 aromatic heterocycles. The number of aromatic nitrogens is 3. The highest BCUT2D eigenvalue weighted by molar-refractivity contribution is 7.15. The summed E-state index contributed by atoms with van der Waals surface area (Å²) in [4.78, 5) is 13.4. The van der Waals surface area contributed by atoms with Crippen molar-refractivity contribution >= 4 is 22.4 Å². The maximum atomic E-state index is 5.30. The van der Waals surface area contributed by atoms with Gasteiger partial charge in [0.05, 0.1) is 40.8 Å². The number of rotatable bonds is 3. The van der Waals surface area contributed by atoms with Crippen molar-refractivity contribution in [3.8, 4) is 22.2 Å². The van der Waals surface area contributed by atoms with Crippen LogP contribution in [0.3, 0.4) is 0 Å². The summed E-state index contributed by atoms with van der Waals surface area (Å²) in [5, 5.41) is 1.04. The molecular formula is C14H15N3O2S. The van der Waals surface area contributed by atoms with Crippen LogP contribution in [0.4, 0.5) is 0 Å². The molecule has 0 aliphatic carbocycles. The van der Waals surface area contributed by atoms with Crippen LogP contribution in [0.1, 0.15) is 10.7 Å². The molecule has 0 amide bonds. The highest BCUT2D eigenvalue weighted by atomic mass is 32.1. The molecule has 6 heteroatoms. The molecule has 3 rings (SSSR count). The van der Waals surface area contributed by atoms with Crippen molar-refractivity contribution in [1.29, 1.82) is 0 Å². The standard InChI is InChI=1S/C14H15N3O2S/c1-7-13(20-8(2)15-7)14-16-9-5-11(18-3)12(19-4)6-10(9)17-14/h5-6H,1-4H3,(H,16,17). The van der Waals surface area contributed by atoms with Crippen molar-refractivity contribution in [3.05, 3.63) is 22.8 Å². The Kier molecular flexibility index (Phi) is 3.10. The van der Waals surface area contributed by atoms with E-state index in [2.05, 4.69) is 15.0 Å². The third-order valence-corrected chi connectivity index (χ3v) is 4.19. The lowest BCUT2D eigenvalue weighted by atomic mass is 10.3. The number of fused-ring (bicyclic) bond motifs is 1. The fraction of sp³-hybridized carbons (Fsp3) is 0.286. The SMILES string of the molecule is COc1cc2nc(-c3sc(C)nc3C)[nH]c2cc1OC. The summed E-state index contributed by atoms with van der Waals surface area (Å²) in [6.45, 7) is 3.99. The molecule has 1 N–H and O–H groups in total. The van der Waals surface area contributed by atoms with Gasteiger partial charge in [0, 0.05) is 12.1 Å². The predicted octanol–water partition coefficient (Wildman–Crippen LogP) is 3.32. The van der Waals surface area contributed by atoms with Crippen molar-refractivity contribution in [3.63, 3.8) is 0 Å². The number of hydrogen-bond donors (Lipinski definition) is 1. The number of thiazole rings is 1. The fourth-order valence-electron chi connectivity index (χ4n) is 2.20. The molecule has 1 aromatic carbocycles. The number of H-pyrrole nitrogens is 1. The molecule has 0 spiro atoms. The molecule has 20 heavy (non-hydrogen) atoms. The van der Waals surface area contributed by atoms with Gasteiger partial charge in [0.1, 0.15) is 0 Å². The minimum atomic E-state index is 0.676. The smallest absolute Gasteiger partial charge is 0.163 e. The van der Waals surface area contributed by atoms with Crippen LogP contribution in [0.5, 0.6) is 11.5 Å². The van der Waals surface area contributed by atoms with Crippen LogP contribution in [0.25, 0.3) is 21.7 Å². The van der Waals surface area contributed by atoms with Crippen molar-refractivity contribution in [1.82, 2.24) is 15.0 Å². The van der Waals surface area contributed by atoms with E-state index >= 15 is 0 Å². The Morgan fingerprint density at radius 1 is 1.05 bits per heavy atom. The zero-order chi connectivity index (χ0) is 14.3. The van der Waals surface area contributed by atoms with Gasteiger partial charge in [0.2, 0.25) is 0 Å². The average Bonchev–Trinajstić information content (AvgIpc) is 2.99. The minimum absolute atomic E-state index is 0.676. The van der Waals surface area contributed by atoms with Gasteiger partial charge in [-0.1, -0.05) is 0 Å². The van der Waals surface area contributed by atoms with Crippen molar-refractivity contribution < 1.29 is 9.47 Å². The van der Waals surface area contributed by atoms with E-state index < -0.39 is 0 Å². The lowest BCUT2D eigenvalue weighted by Crippen LogP contribution is -1.89. The van der Waals surface area contributed by atoms with Crippen LogP contribution in [0, 0.1) is 13.8 Å². The quantitative estimate of drug-likeness (QED) is 0.803. The van der Waals surface area contributed by atoms with Gasteiger partial charge in [-0.3, -0.25) is 0 Å². The number of aryl methyl sites for hydroxylation is 2. The molecule has 0 radical (unpaired) electrons. The van der Waals surface area contributed by atoms with Gasteiger partial charge >= 0.3 is 0 Å². The van der Waals surface area contributed by atoms with Gasteiger partial charge in [-0.15, -0.1) is 11.3 Å². The number of hydrogen-bond acceptors (Lipinski definition) is 5. The predicted molar refractivity (Wildman–Crippen MR) is 79.8 cm³/mol. The number of methoxy groups -OCH3 is 2. The third kappa shape index (κ3) is 2.02. The second kappa shape index (κ2) is 4.79. The zero-order valence-corrected chi connectivity index (χ0v) is 12.6. The fourth-order valence-corrected chi connectivity index (χ4v) is 3.06. The van der Waals surface area contributed by atoms with E-state index in [4.69, 9.17) is 9.47 Å². The van der Waals surface area contributed by atoms with E-state index in [0.29, 0.717) is 11.5 Å². The lowest BCUT2D eigenvalue weighted by Gasteiger charge is -2.06. The molecule has 0 atom stereocenters. The molecule has 2 heterocycles. The first kappa shape index (κ1) is 12.9. The van der Waals surface area contributed by atoms with E-state index in [1.165, 1.54) is 0 Å². The van der Waals surface area contributed by atoms with E-state index in [1.807, 2.05) is 26.0 Å². The summed E-state index contributed by atoms with van der Waals surface area (Å²) in [7, 11) is 3.24. The molecule has 0 aliphatic heterocycles. The molecule has 5 nitrogen and oxygen atoms in total. The highest BCUT2D eigenvalue weighted by Gasteiger charge is 2.14. The molecule has 0 fully saturated rings. The number of ether oxygens (including phenoxy) is 2. The van der Waals surface area contributed by atoms with Gasteiger partial charge in [-0.2, -0.15) is 0 Å². The Morgan fingerprint density at radius 3 is 2.35 bits per heavy atom. The Balaban J connectivity index is 2.17. The Hall–Kier alpha value is -2.08. The number of imidazole rings is 1. The second-order valence-corrected chi connectivity index (χ2v) is 5.66. The second-order valence-electron chi connectivity index (χ2n) is 4.46. The number of nitrogens with zero attached hydrogens (tertiary/aromatic N) is 2. The summed E-state index contributed by atoms with van der Waals surface area (Å²) >= 11 is 1.64. The van der Waals surface area contributed by atoms with E-state index in [0.717, 1.165) is 32.4 Å². The van der Waals surface area contributed by atoms with Crippen LogP contribution in [-0.2, 0) is 0 Å². The largest absolute Gasteiger partial charge is 0.493 e. The Labute approximate surface area is 120 Å². The summed E-state index contributed by atoms with van der Waals surface area (Å²) in [6, 6.07) is 3.77. The lowest BCUT2D eigenvalue weighted by molar-refractivity contribution is 0.356. The summed E-state index contributed by atoms with van der Waals surface area (Å²) in [5.41, 5.74) is 2.76. The first-order valence-electron chi connectivity index (χ1n) is 6.18. The Bertz CT molecular complexity index is 735. The molecule has 3 aromatic rings. The van der Waals surface area contributed by atoms with Crippen LogP contribution in [0.15, 0.2) is 12.1 Å². The first-order chi connectivity index (χ1) is 9.62. The molecule has 0 unspecified atom stereocenters. The monoisotopic (exact) mass is 289 g/mol. The average molecular weight is 289 g/mol. The summed E-state index contributed by atoms with van der Waals surface area (Å²) in [5.74, 6) is 2.20. The molecular weight excluding hydrogens is 274 g/mol. The molecule has 0 aliphatic rings. The van der Waals surface area contributed by atoms with Gasteiger partial charge < -0.3 is 14.5 Å². The number of aromatic amines is 1. The third-order valence-electron chi connectivity index (χ3n) is 3.11. The van der Waals surface area contributed by atoms with Gasteiger partial charge in [0.25, 0.3) is 0 Å². The van der Waals surface area contributed by atoms with Gasteiger partial charge in [0.15, 0.2) is 17.3 Å². The zero-order valence-electron chi connectivity index (χ0n) is 11.8. The van der Waals surface area contributed by atoms with Crippen LogP contribution in [-0.4, -0.2) is 29.2 Å². The van der Waals surface area contributed by atoms with Gasteiger partial charge in [-0.25, -0.2) is 9.97 Å². The van der Waals surface area contributed by atoms with Crippen molar-refractivity contribution in [2.45, 2.75) is 13.8 Å². The van der Waals surface area contributed by atoms with Crippen LogP contribution in [0.2, 0.25) is 0 Å². The van der Waals surface area contributed by atoms with Crippen LogP contribution < -0.4 is 9.47 Å². The number of nitrogens with one attached hydrogen (secondary N) is 1. The minimum Gasteiger partial charge on any atom is -0.493 e. The van der Waals surface area contributed by atoms with Crippen molar-refractivity contribution in [2.24, 2.45) is 0 Å². The maximum absolute atomic E-state index is 5.30. The first-order valence-corrected chi connectivity index (χ1v) is 7.00. The normalized spacial score (nSPS) is 11.0. The molecule has 0 bridgehead atoms. The van der Waals surface area contributed by atoms with E-state index in [-0.39, 0.29) is 0 Å². The molecule has 0 saturated carbocycles. The highest BCUT2D eigenvalue weighted by Crippen LogP contribution is 2.34. The molecule has 104 valence electrons. The number of benzene rings is 1. The summed E-state index contributed by atoms with van der Waals surface area (Å²) < 4.78 is 10.6. The molecule has 0 saturated heterocycles. The Morgan fingerprint density at radius 2 is 1.75 bits per heavy atom. The summed E-state index contributed by atoms with van der Waals surface area (Å²) in [6.07, 6.45) is 0. The van der Waals surface area contributed by atoms with E-state index in [9.17, 15) is 0 Å². The van der Waals surface area contributed by atoms with Crippen molar-refractivity contribution in [2.75, 3.05) is 14.2 Å².